The Bertz CT molecular complexity index is 891. The summed E-state index contributed by atoms with van der Waals surface area (Å²) in [4.78, 5) is 12.3. The minimum absolute atomic E-state index is 0.210. The molecule has 6 heteroatoms. The Hall–Kier alpha value is -2.66. The van der Waals surface area contributed by atoms with Gasteiger partial charge in [0.1, 0.15) is 5.82 Å². The first-order valence-corrected chi connectivity index (χ1v) is 7.75. The molecule has 0 spiro atoms. The van der Waals surface area contributed by atoms with E-state index in [-0.39, 0.29) is 11.7 Å². The normalized spacial score (nSPS) is 10.6. The largest absolute Gasteiger partial charge is 0.305 e. The van der Waals surface area contributed by atoms with Crippen molar-refractivity contribution >= 4 is 23.3 Å². The van der Waals surface area contributed by atoms with Crippen LogP contribution in [0.5, 0.6) is 0 Å². The molecule has 2 aromatic carbocycles. The molecule has 24 heavy (non-hydrogen) atoms. The molecule has 4 nitrogen and oxygen atoms in total. The summed E-state index contributed by atoms with van der Waals surface area (Å²) < 4.78 is 14.7. The molecule has 0 fully saturated rings. The van der Waals surface area contributed by atoms with E-state index in [1.54, 1.807) is 29.1 Å². The van der Waals surface area contributed by atoms with Gasteiger partial charge < -0.3 is 5.32 Å². The van der Waals surface area contributed by atoms with Gasteiger partial charge in [0.15, 0.2) is 5.82 Å². The third-order valence-corrected chi connectivity index (χ3v) is 3.97. The fraction of sp³-hybridized carbons (Fsp3) is 0.111. The summed E-state index contributed by atoms with van der Waals surface area (Å²) in [6, 6.07) is 13.3. The van der Waals surface area contributed by atoms with Crippen molar-refractivity contribution < 1.29 is 9.18 Å². The van der Waals surface area contributed by atoms with Crippen molar-refractivity contribution in [1.82, 2.24) is 9.78 Å². The van der Waals surface area contributed by atoms with Crippen molar-refractivity contribution in [2.24, 2.45) is 0 Å². The second-order valence-corrected chi connectivity index (χ2v) is 5.81. The van der Waals surface area contributed by atoms with Crippen molar-refractivity contribution in [2.45, 2.75) is 13.5 Å². The van der Waals surface area contributed by atoms with E-state index >= 15 is 0 Å². The number of carbonyl (C=O) groups is 1. The van der Waals surface area contributed by atoms with Gasteiger partial charge in [-0.2, -0.15) is 5.10 Å². The van der Waals surface area contributed by atoms with Crippen molar-refractivity contribution in [2.75, 3.05) is 5.32 Å². The zero-order valence-corrected chi connectivity index (χ0v) is 13.7. The Morgan fingerprint density at radius 2 is 2.04 bits per heavy atom. The van der Waals surface area contributed by atoms with Gasteiger partial charge in [-0.05, 0) is 36.2 Å². The minimum atomic E-state index is -0.379. The van der Waals surface area contributed by atoms with Crippen LogP contribution in [0, 0.1) is 12.7 Å². The van der Waals surface area contributed by atoms with Gasteiger partial charge >= 0.3 is 0 Å². The highest BCUT2D eigenvalue weighted by molar-refractivity contribution is 6.31. The molecule has 0 saturated heterocycles. The van der Waals surface area contributed by atoms with E-state index in [2.05, 4.69) is 10.4 Å². The number of aromatic nitrogens is 2. The summed E-state index contributed by atoms with van der Waals surface area (Å²) in [5.41, 5.74) is 2.25. The lowest BCUT2D eigenvalue weighted by Gasteiger charge is -2.06. The molecule has 1 N–H and O–H groups in total. The Balaban J connectivity index is 1.72. The standard InChI is InChI=1S/C18H15ClFN3O/c1-12-4-2-3-5-15(12)18(24)21-17-8-9-23(22-17)11-13-6-7-14(20)10-16(13)19/h2-10H,11H2,1H3,(H,21,22,24). The molecule has 0 bridgehead atoms. The summed E-state index contributed by atoms with van der Waals surface area (Å²) in [7, 11) is 0. The van der Waals surface area contributed by atoms with Gasteiger partial charge in [-0.3, -0.25) is 9.48 Å². The molecule has 1 aromatic heterocycles. The van der Waals surface area contributed by atoms with Gasteiger partial charge in [-0.1, -0.05) is 35.9 Å². The summed E-state index contributed by atoms with van der Waals surface area (Å²) >= 11 is 6.02. The fourth-order valence-corrected chi connectivity index (χ4v) is 2.58. The zero-order valence-electron chi connectivity index (χ0n) is 13.0. The molecule has 1 amide bonds. The minimum Gasteiger partial charge on any atom is -0.305 e. The van der Waals surface area contributed by atoms with Gasteiger partial charge in [0.05, 0.1) is 6.54 Å². The first kappa shape index (κ1) is 16.2. The summed E-state index contributed by atoms with van der Waals surface area (Å²) in [6.45, 7) is 2.27. The molecule has 0 aliphatic carbocycles. The van der Waals surface area contributed by atoms with E-state index in [0.717, 1.165) is 11.1 Å². The van der Waals surface area contributed by atoms with E-state index in [0.29, 0.717) is 22.9 Å². The SMILES string of the molecule is Cc1ccccc1C(=O)Nc1ccn(Cc2ccc(F)cc2Cl)n1. The third-order valence-electron chi connectivity index (χ3n) is 3.62. The third kappa shape index (κ3) is 3.63. The molecule has 0 aliphatic heterocycles. The van der Waals surface area contributed by atoms with Gasteiger partial charge in [-0.15, -0.1) is 0 Å². The number of aryl methyl sites for hydroxylation is 1. The van der Waals surface area contributed by atoms with Crippen LogP contribution < -0.4 is 5.32 Å². The number of rotatable bonds is 4. The Morgan fingerprint density at radius 1 is 1.25 bits per heavy atom. The predicted octanol–water partition coefficient (Wildman–Crippen LogP) is 4.28. The maximum Gasteiger partial charge on any atom is 0.257 e. The highest BCUT2D eigenvalue weighted by atomic mass is 35.5. The summed E-state index contributed by atoms with van der Waals surface area (Å²) in [6.07, 6.45) is 1.73. The number of halogens is 2. The maximum absolute atomic E-state index is 13.1. The van der Waals surface area contributed by atoms with Gasteiger partial charge in [0.2, 0.25) is 0 Å². The zero-order chi connectivity index (χ0) is 17.1. The van der Waals surface area contributed by atoms with Crippen LogP contribution in [0.2, 0.25) is 5.02 Å². The molecule has 122 valence electrons. The second kappa shape index (κ2) is 6.84. The number of amides is 1. The number of anilines is 1. The Kier molecular flexibility index (Phi) is 4.62. The molecule has 0 radical (unpaired) electrons. The number of hydrogen-bond donors (Lipinski definition) is 1. The molecule has 0 atom stereocenters. The first-order chi connectivity index (χ1) is 11.5. The van der Waals surface area contributed by atoms with Crippen LogP contribution in [0.1, 0.15) is 21.5 Å². The molecule has 3 rings (SSSR count). The summed E-state index contributed by atoms with van der Waals surface area (Å²) in [5, 5.41) is 7.41. The summed E-state index contributed by atoms with van der Waals surface area (Å²) in [5.74, 6) is -0.143. The predicted molar refractivity (Wildman–Crippen MR) is 91.9 cm³/mol. The van der Waals surface area contributed by atoms with Gasteiger partial charge in [-0.25, -0.2) is 4.39 Å². The average molecular weight is 344 g/mol. The molecule has 0 aliphatic rings. The van der Waals surface area contributed by atoms with E-state index in [4.69, 9.17) is 11.6 Å². The maximum atomic E-state index is 13.1. The van der Waals surface area contributed by atoms with Gasteiger partial charge in [0, 0.05) is 22.8 Å². The highest BCUT2D eigenvalue weighted by Gasteiger charge is 2.10. The number of carbonyl (C=O) groups excluding carboxylic acids is 1. The van der Waals surface area contributed by atoms with Gasteiger partial charge in [0.25, 0.3) is 5.91 Å². The lowest BCUT2D eigenvalue weighted by Crippen LogP contribution is -2.14. The van der Waals surface area contributed by atoms with Crippen molar-refractivity contribution in [3.8, 4) is 0 Å². The van der Waals surface area contributed by atoms with Crippen molar-refractivity contribution in [1.29, 1.82) is 0 Å². The average Bonchev–Trinajstić information content (AvgIpc) is 2.97. The lowest BCUT2D eigenvalue weighted by molar-refractivity contribution is 0.102. The number of nitrogens with one attached hydrogen (secondary N) is 1. The molecular weight excluding hydrogens is 329 g/mol. The van der Waals surface area contributed by atoms with E-state index in [1.807, 2.05) is 25.1 Å². The smallest absolute Gasteiger partial charge is 0.257 e. The van der Waals surface area contributed by atoms with Crippen LogP contribution in [0.25, 0.3) is 0 Å². The Labute approximate surface area is 143 Å². The fourth-order valence-electron chi connectivity index (χ4n) is 2.35. The first-order valence-electron chi connectivity index (χ1n) is 7.37. The number of nitrogens with zero attached hydrogens (tertiary/aromatic N) is 2. The molecule has 1 heterocycles. The molecule has 3 aromatic rings. The van der Waals surface area contributed by atoms with Crippen LogP contribution >= 0.6 is 11.6 Å². The second-order valence-electron chi connectivity index (χ2n) is 5.40. The van der Waals surface area contributed by atoms with Crippen LogP contribution in [0.4, 0.5) is 10.2 Å². The number of benzene rings is 2. The molecule has 0 saturated carbocycles. The monoisotopic (exact) mass is 343 g/mol. The van der Waals surface area contributed by atoms with Crippen LogP contribution in [0.3, 0.4) is 0 Å². The van der Waals surface area contributed by atoms with E-state index in [9.17, 15) is 9.18 Å². The van der Waals surface area contributed by atoms with Crippen LogP contribution in [-0.2, 0) is 6.54 Å². The molecule has 0 unspecified atom stereocenters. The van der Waals surface area contributed by atoms with Crippen LogP contribution in [-0.4, -0.2) is 15.7 Å². The van der Waals surface area contributed by atoms with Crippen LogP contribution in [0.15, 0.2) is 54.7 Å². The van der Waals surface area contributed by atoms with E-state index < -0.39 is 0 Å². The highest BCUT2D eigenvalue weighted by Crippen LogP contribution is 2.19. The van der Waals surface area contributed by atoms with E-state index in [1.165, 1.54) is 12.1 Å². The molecular formula is C18H15ClFN3O. The number of hydrogen-bond acceptors (Lipinski definition) is 2. The van der Waals surface area contributed by atoms with Crippen molar-refractivity contribution in [3.05, 3.63) is 82.3 Å². The Morgan fingerprint density at radius 3 is 2.79 bits per heavy atom. The lowest BCUT2D eigenvalue weighted by atomic mass is 10.1. The quantitative estimate of drug-likeness (QED) is 0.768. The van der Waals surface area contributed by atoms with Crippen molar-refractivity contribution in [3.63, 3.8) is 0 Å². The topological polar surface area (TPSA) is 46.9 Å².